The Morgan fingerprint density at radius 3 is 2.78 bits per heavy atom. The first-order valence-electron chi connectivity index (χ1n) is 7.54. The number of methoxy groups -OCH3 is 1. The summed E-state index contributed by atoms with van der Waals surface area (Å²) in [5.74, 6) is 2.04. The summed E-state index contributed by atoms with van der Waals surface area (Å²) in [5.41, 5.74) is 0.910. The van der Waals surface area contributed by atoms with E-state index in [0.29, 0.717) is 24.9 Å². The highest BCUT2D eigenvalue weighted by Gasteiger charge is 2.26. The number of hydrogen-bond acceptors (Lipinski definition) is 8. The van der Waals surface area contributed by atoms with Crippen molar-refractivity contribution in [3.05, 3.63) is 23.3 Å². The molecule has 1 aliphatic heterocycles. The standard InChI is InChI=1S/C14H19ClN6O2/c1-3-11-18-19-12(23-11)9-21-5-4-20(6-7-22-2)13-10(21)8-16-14(15)17-13/h8H,3-7,9H2,1-2H3. The van der Waals surface area contributed by atoms with Gasteiger partial charge in [0.2, 0.25) is 17.1 Å². The predicted molar refractivity (Wildman–Crippen MR) is 85.9 cm³/mol. The fraction of sp³-hybridized carbons (Fsp3) is 0.571. The van der Waals surface area contributed by atoms with E-state index >= 15 is 0 Å². The molecule has 0 saturated heterocycles. The molecule has 0 saturated carbocycles. The van der Waals surface area contributed by atoms with Gasteiger partial charge in [-0.2, -0.15) is 4.98 Å². The molecule has 0 amide bonds. The Morgan fingerprint density at radius 2 is 2.04 bits per heavy atom. The number of anilines is 2. The minimum atomic E-state index is 0.235. The number of ether oxygens (including phenoxy) is 1. The monoisotopic (exact) mass is 338 g/mol. The SMILES string of the molecule is CCc1nnc(CN2CCN(CCOC)c3nc(Cl)ncc32)o1. The molecule has 0 aliphatic carbocycles. The molecule has 9 heteroatoms. The molecular formula is C14H19ClN6O2. The van der Waals surface area contributed by atoms with Crippen molar-refractivity contribution in [1.29, 1.82) is 0 Å². The minimum absolute atomic E-state index is 0.235. The predicted octanol–water partition coefficient (Wildman–Crippen LogP) is 1.55. The molecule has 0 bridgehead atoms. The Bertz CT molecular complexity index is 664. The lowest BCUT2D eigenvalue weighted by Crippen LogP contribution is -2.42. The van der Waals surface area contributed by atoms with Gasteiger partial charge in [-0.25, -0.2) is 4.98 Å². The van der Waals surface area contributed by atoms with E-state index in [9.17, 15) is 0 Å². The summed E-state index contributed by atoms with van der Waals surface area (Å²) in [4.78, 5) is 12.8. The van der Waals surface area contributed by atoms with Gasteiger partial charge in [-0.3, -0.25) is 0 Å². The number of halogens is 1. The highest BCUT2D eigenvalue weighted by Crippen LogP contribution is 2.32. The van der Waals surface area contributed by atoms with Gasteiger partial charge in [0.15, 0.2) is 5.82 Å². The van der Waals surface area contributed by atoms with Crippen LogP contribution in [0.25, 0.3) is 0 Å². The average molecular weight is 339 g/mol. The highest BCUT2D eigenvalue weighted by atomic mass is 35.5. The largest absolute Gasteiger partial charge is 0.423 e. The second kappa shape index (κ2) is 7.10. The second-order valence-electron chi connectivity index (χ2n) is 5.19. The van der Waals surface area contributed by atoms with Gasteiger partial charge in [-0.15, -0.1) is 10.2 Å². The molecule has 3 rings (SSSR count). The number of fused-ring (bicyclic) bond motifs is 1. The number of nitrogens with zero attached hydrogens (tertiary/aromatic N) is 6. The summed E-state index contributed by atoms with van der Waals surface area (Å²) >= 11 is 5.97. The van der Waals surface area contributed by atoms with E-state index in [1.165, 1.54) is 0 Å². The Hall–Kier alpha value is -1.93. The molecule has 124 valence electrons. The molecule has 1 aliphatic rings. The van der Waals surface area contributed by atoms with Crippen molar-refractivity contribution >= 4 is 23.1 Å². The van der Waals surface area contributed by atoms with Crippen molar-refractivity contribution in [3.8, 4) is 0 Å². The molecule has 0 unspecified atom stereocenters. The summed E-state index contributed by atoms with van der Waals surface area (Å²) in [7, 11) is 1.69. The van der Waals surface area contributed by atoms with Crippen LogP contribution in [0.15, 0.2) is 10.6 Å². The summed E-state index contributed by atoms with van der Waals surface area (Å²) in [5, 5.41) is 8.32. The maximum Gasteiger partial charge on any atom is 0.235 e. The van der Waals surface area contributed by atoms with Crippen molar-refractivity contribution in [3.63, 3.8) is 0 Å². The molecule has 0 atom stereocenters. The van der Waals surface area contributed by atoms with Crippen molar-refractivity contribution < 1.29 is 9.15 Å². The third-order valence-electron chi connectivity index (χ3n) is 3.70. The molecule has 2 aromatic heterocycles. The van der Waals surface area contributed by atoms with E-state index in [1.54, 1.807) is 13.3 Å². The number of aromatic nitrogens is 4. The van der Waals surface area contributed by atoms with Gasteiger partial charge in [0.05, 0.1) is 25.0 Å². The maximum absolute atomic E-state index is 5.97. The topological polar surface area (TPSA) is 80.4 Å². The van der Waals surface area contributed by atoms with Gasteiger partial charge in [-0.1, -0.05) is 6.92 Å². The van der Waals surface area contributed by atoms with Crippen LogP contribution in [-0.4, -0.2) is 53.5 Å². The number of hydrogen-bond donors (Lipinski definition) is 0. The minimum Gasteiger partial charge on any atom is -0.423 e. The summed E-state index contributed by atoms with van der Waals surface area (Å²) in [6, 6.07) is 0. The van der Waals surface area contributed by atoms with Crippen molar-refractivity contribution in [2.75, 3.05) is 43.2 Å². The molecule has 0 N–H and O–H groups in total. The van der Waals surface area contributed by atoms with Gasteiger partial charge in [0.1, 0.15) is 0 Å². The van der Waals surface area contributed by atoms with Crippen LogP contribution in [0.3, 0.4) is 0 Å². The first-order chi connectivity index (χ1) is 11.2. The Morgan fingerprint density at radius 1 is 1.26 bits per heavy atom. The Labute approximate surface area is 139 Å². The van der Waals surface area contributed by atoms with Crippen LogP contribution in [0, 0.1) is 0 Å². The van der Waals surface area contributed by atoms with E-state index in [-0.39, 0.29) is 5.28 Å². The number of rotatable bonds is 6. The average Bonchev–Trinajstić information content (AvgIpc) is 3.01. The molecular weight excluding hydrogens is 320 g/mol. The lowest BCUT2D eigenvalue weighted by Gasteiger charge is -2.36. The van der Waals surface area contributed by atoms with E-state index < -0.39 is 0 Å². The van der Waals surface area contributed by atoms with Crippen molar-refractivity contribution in [1.82, 2.24) is 20.2 Å². The highest BCUT2D eigenvalue weighted by molar-refractivity contribution is 6.28. The smallest absolute Gasteiger partial charge is 0.235 e. The molecule has 0 spiro atoms. The fourth-order valence-corrected chi connectivity index (χ4v) is 2.64. The molecule has 0 fully saturated rings. The molecule has 0 aromatic carbocycles. The van der Waals surface area contributed by atoms with E-state index in [0.717, 1.165) is 37.6 Å². The third kappa shape index (κ3) is 3.53. The van der Waals surface area contributed by atoms with E-state index in [2.05, 4.69) is 30.0 Å². The van der Waals surface area contributed by atoms with E-state index in [4.69, 9.17) is 20.8 Å². The quantitative estimate of drug-likeness (QED) is 0.734. The molecule has 0 radical (unpaired) electrons. The van der Waals surface area contributed by atoms with Crippen molar-refractivity contribution in [2.45, 2.75) is 19.9 Å². The van der Waals surface area contributed by atoms with Gasteiger partial charge in [0, 0.05) is 33.2 Å². The van der Waals surface area contributed by atoms with Gasteiger partial charge in [0.25, 0.3) is 0 Å². The first-order valence-corrected chi connectivity index (χ1v) is 7.91. The summed E-state index contributed by atoms with van der Waals surface area (Å²) in [6.07, 6.45) is 2.47. The Kier molecular flexibility index (Phi) is 4.92. The lowest BCUT2D eigenvalue weighted by molar-refractivity contribution is 0.205. The fourth-order valence-electron chi connectivity index (χ4n) is 2.51. The Balaban J connectivity index is 1.82. The second-order valence-corrected chi connectivity index (χ2v) is 5.53. The normalized spacial score (nSPS) is 14.2. The lowest BCUT2D eigenvalue weighted by atomic mass is 10.2. The zero-order chi connectivity index (χ0) is 16.2. The van der Waals surface area contributed by atoms with Crippen LogP contribution in [0.2, 0.25) is 5.28 Å². The van der Waals surface area contributed by atoms with Crippen LogP contribution in [-0.2, 0) is 17.7 Å². The number of aryl methyl sites for hydroxylation is 1. The zero-order valence-corrected chi connectivity index (χ0v) is 14.0. The summed E-state index contributed by atoms with van der Waals surface area (Å²) in [6.45, 7) is 5.53. The summed E-state index contributed by atoms with van der Waals surface area (Å²) < 4.78 is 10.8. The van der Waals surface area contributed by atoms with Gasteiger partial charge >= 0.3 is 0 Å². The van der Waals surface area contributed by atoms with Crippen molar-refractivity contribution in [2.24, 2.45) is 0 Å². The zero-order valence-electron chi connectivity index (χ0n) is 13.2. The van der Waals surface area contributed by atoms with Crippen LogP contribution in [0.5, 0.6) is 0 Å². The van der Waals surface area contributed by atoms with Crippen LogP contribution >= 0.6 is 11.6 Å². The maximum atomic E-state index is 5.97. The van der Waals surface area contributed by atoms with Crippen LogP contribution in [0.1, 0.15) is 18.7 Å². The van der Waals surface area contributed by atoms with Crippen LogP contribution in [0.4, 0.5) is 11.5 Å². The molecule has 8 nitrogen and oxygen atoms in total. The molecule has 3 heterocycles. The molecule has 2 aromatic rings. The van der Waals surface area contributed by atoms with Crippen LogP contribution < -0.4 is 9.80 Å². The third-order valence-corrected chi connectivity index (χ3v) is 3.89. The van der Waals surface area contributed by atoms with E-state index in [1.807, 2.05) is 6.92 Å². The van der Waals surface area contributed by atoms with Gasteiger partial charge < -0.3 is 19.0 Å². The first kappa shape index (κ1) is 15.9. The van der Waals surface area contributed by atoms with Gasteiger partial charge in [-0.05, 0) is 11.6 Å². The molecule has 23 heavy (non-hydrogen) atoms.